The van der Waals surface area contributed by atoms with Crippen molar-refractivity contribution in [3.63, 3.8) is 0 Å². The fourth-order valence-electron chi connectivity index (χ4n) is 2.83. The van der Waals surface area contributed by atoms with E-state index in [1.165, 1.54) is 12.8 Å². The highest BCUT2D eigenvalue weighted by Gasteiger charge is 2.41. The van der Waals surface area contributed by atoms with E-state index in [1.807, 2.05) is 0 Å². The Morgan fingerprint density at radius 2 is 1.29 bits per heavy atom. The van der Waals surface area contributed by atoms with Crippen LogP contribution in [0.3, 0.4) is 0 Å². The van der Waals surface area contributed by atoms with Crippen LogP contribution in [-0.4, -0.2) is 37.6 Å². The number of rotatable bonds is 0. The molecule has 3 heteroatoms. The van der Waals surface area contributed by atoms with Crippen LogP contribution in [-0.2, 0) is 14.2 Å². The first-order chi connectivity index (χ1) is 6.93. The Labute approximate surface area is 84.7 Å². The molecule has 3 heterocycles. The van der Waals surface area contributed by atoms with Crippen LogP contribution in [0.25, 0.3) is 0 Å². The van der Waals surface area contributed by atoms with Gasteiger partial charge in [0.05, 0.1) is 24.4 Å². The molecule has 0 aromatic carbocycles. The highest BCUT2D eigenvalue weighted by atomic mass is 16.6. The van der Waals surface area contributed by atoms with Crippen molar-refractivity contribution in [3.8, 4) is 0 Å². The summed E-state index contributed by atoms with van der Waals surface area (Å²) in [5.41, 5.74) is 0. The fourth-order valence-corrected chi connectivity index (χ4v) is 2.83. The summed E-state index contributed by atoms with van der Waals surface area (Å²) in [6, 6.07) is 0. The number of hydrogen-bond donors (Lipinski definition) is 0. The molecular formula is C11H18O3. The standard InChI is InChI=1S/C11H18O3/c1-3-8-10(12-5-1)7-11-9(14-8)4-2-6-13-11/h8-11H,1-7H2/t8-,9+,10+,11-. The Kier molecular flexibility index (Phi) is 2.48. The van der Waals surface area contributed by atoms with E-state index in [1.54, 1.807) is 0 Å². The van der Waals surface area contributed by atoms with Crippen molar-refractivity contribution < 1.29 is 14.2 Å². The lowest BCUT2D eigenvalue weighted by atomic mass is 9.91. The molecule has 0 saturated carbocycles. The van der Waals surface area contributed by atoms with Crippen LogP contribution in [0.2, 0.25) is 0 Å². The van der Waals surface area contributed by atoms with Crippen molar-refractivity contribution in [2.75, 3.05) is 13.2 Å². The van der Waals surface area contributed by atoms with Crippen molar-refractivity contribution in [1.29, 1.82) is 0 Å². The lowest BCUT2D eigenvalue weighted by Gasteiger charge is -2.45. The van der Waals surface area contributed by atoms with Gasteiger partial charge >= 0.3 is 0 Å². The largest absolute Gasteiger partial charge is 0.375 e. The van der Waals surface area contributed by atoms with Gasteiger partial charge in [0, 0.05) is 19.6 Å². The Bertz CT molecular complexity index is 165. The smallest absolute Gasteiger partial charge is 0.0862 e. The Balaban J connectivity index is 1.68. The summed E-state index contributed by atoms with van der Waals surface area (Å²) in [6.07, 6.45) is 7.03. The quantitative estimate of drug-likeness (QED) is 0.590. The molecule has 3 rings (SSSR count). The zero-order valence-electron chi connectivity index (χ0n) is 8.48. The van der Waals surface area contributed by atoms with Gasteiger partial charge in [0.1, 0.15) is 0 Å². The molecule has 80 valence electrons. The van der Waals surface area contributed by atoms with Crippen molar-refractivity contribution in [2.45, 2.75) is 56.5 Å². The Hall–Kier alpha value is -0.120. The first-order valence-electron chi connectivity index (χ1n) is 5.82. The van der Waals surface area contributed by atoms with E-state index in [2.05, 4.69) is 0 Å². The normalized spacial score (nSPS) is 48.0. The van der Waals surface area contributed by atoms with Crippen LogP contribution in [0, 0.1) is 0 Å². The summed E-state index contributed by atoms with van der Waals surface area (Å²) in [6.45, 7) is 1.81. The van der Waals surface area contributed by atoms with Crippen molar-refractivity contribution in [2.24, 2.45) is 0 Å². The summed E-state index contributed by atoms with van der Waals surface area (Å²) < 4.78 is 17.5. The van der Waals surface area contributed by atoms with Crippen LogP contribution >= 0.6 is 0 Å². The molecule has 0 spiro atoms. The molecule has 0 radical (unpaired) electrons. The van der Waals surface area contributed by atoms with E-state index in [0.717, 1.165) is 32.5 Å². The van der Waals surface area contributed by atoms with Crippen LogP contribution in [0.1, 0.15) is 32.1 Å². The van der Waals surface area contributed by atoms with Crippen LogP contribution in [0.15, 0.2) is 0 Å². The van der Waals surface area contributed by atoms with Crippen LogP contribution in [0.4, 0.5) is 0 Å². The summed E-state index contributed by atoms with van der Waals surface area (Å²) in [7, 11) is 0. The van der Waals surface area contributed by atoms with E-state index in [0.29, 0.717) is 24.4 Å². The zero-order valence-corrected chi connectivity index (χ0v) is 8.48. The van der Waals surface area contributed by atoms with Crippen molar-refractivity contribution in [3.05, 3.63) is 0 Å². The number of ether oxygens (including phenoxy) is 3. The van der Waals surface area contributed by atoms with Gasteiger partial charge in [-0.05, 0) is 25.7 Å². The van der Waals surface area contributed by atoms with Gasteiger partial charge in [-0.3, -0.25) is 0 Å². The minimum absolute atomic E-state index is 0.308. The lowest BCUT2D eigenvalue weighted by molar-refractivity contribution is -0.226. The molecule has 0 aromatic heterocycles. The van der Waals surface area contributed by atoms with Gasteiger partial charge < -0.3 is 14.2 Å². The first-order valence-corrected chi connectivity index (χ1v) is 5.82. The van der Waals surface area contributed by atoms with Crippen LogP contribution < -0.4 is 0 Å². The van der Waals surface area contributed by atoms with Gasteiger partial charge in [-0.1, -0.05) is 0 Å². The zero-order chi connectivity index (χ0) is 9.38. The number of hydrogen-bond acceptors (Lipinski definition) is 3. The minimum Gasteiger partial charge on any atom is -0.375 e. The second kappa shape index (κ2) is 3.80. The maximum absolute atomic E-state index is 6.04. The van der Waals surface area contributed by atoms with Gasteiger partial charge in [-0.15, -0.1) is 0 Å². The molecule has 3 nitrogen and oxygen atoms in total. The van der Waals surface area contributed by atoms with E-state index in [9.17, 15) is 0 Å². The van der Waals surface area contributed by atoms with E-state index in [4.69, 9.17) is 14.2 Å². The summed E-state index contributed by atoms with van der Waals surface area (Å²) >= 11 is 0. The molecule has 3 fully saturated rings. The molecular weight excluding hydrogens is 180 g/mol. The monoisotopic (exact) mass is 198 g/mol. The maximum Gasteiger partial charge on any atom is 0.0862 e. The second-order valence-corrected chi connectivity index (χ2v) is 4.55. The van der Waals surface area contributed by atoms with E-state index < -0.39 is 0 Å². The molecule has 0 amide bonds. The lowest BCUT2D eigenvalue weighted by Crippen LogP contribution is -2.52. The molecule has 3 aliphatic heterocycles. The van der Waals surface area contributed by atoms with Crippen LogP contribution in [0.5, 0.6) is 0 Å². The molecule has 0 bridgehead atoms. The molecule has 14 heavy (non-hydrogen) atoms. The van der Waals surface area contributed by atoms with Gasteiger partial charge in [-0.2, -0.15) is 0 Å². The molecule has 0 aliphatic carbocycles. The third-order valence-corrected chi connectivity index (χ3v) is 3.57. The SMILES string of the molecule is C1CO[C@@H]2C[C@@H]3OCCC[C@H]3O[C@H]2C1. The topological polar surface area (TPSA) is 27.7 Å². The molecule has 4 atom stereocenters. The second-order valence-electron chi connectivity index (χ2n) is 4.55. The summed E-state index contributed by atoms with van der Waals surface area (Å²) in [4.78, 5) is 0. The van der Waals surface area contributed by atoms with Gasteiger partial charge in [0.15, 0.2) is 0 Å². The molecule has 0 N–H and O–H groups in total. The third kappa shape index (κ3) is 1.58. The summed E-state index contributed by atoms with van der Waals surface area (Å²) in [5.74, 6) is 0. The maximum atomic E-state index is 6.04. The Morgan fingerprint density at radius 3 is 1.86 bits per heavy atom. The fraction of sp³-hybridized carbons (Fsp3) is 1.00. The van der Waals surface area contributed by atoms with Gasteiger partial charge in [0.25, 0.3) is 0 Å². The highest BCUT2D eigenvalue weighted by molar-refractivity contribution is 4.89. The highest BCUT2D eigenvalue weighted by Crippen LogP contribution is 2.33. The third-order valence-electron chi connectivity index (χ3n) is 3.57. The van der Waals surface area contributed by atoms with Gasteiger partial charge in [0.2, 0.25) is 0 Å². The Morgan fingerprint density at radius 1 is 0.714 bits per heavy atom. The van der Waals surface area contributed by atoms with E-state index >= 15 is 0 Å². The predicted molar refractivity (Wildman–Crippen MR) is 51.2 cm³/mol. The minimum atomic E-state index is 0.308. The van der Waals surface area contributed by atoms with E-state index in [-0.39, 0.29) is 0 Å². The molecule has 0 unspecified atom stereocenters. The molecule has 3 aliphatic rings. The van der Waals surface area contributed by atoms with Crippen molar-refractivity contribution in [1.82, 2.24) is 0 Å². The molecule has 0 aromatic rings. The average molecular weight is 198 g/mol. The molecule has 3 saturated heterocycles. The summed E-state index contributed by atoms with van der Waals surface area (Å²) in [5, 5.41) is 0. The van der Waals surface area contributed by atoms with Gasteiger partial charge in [-0.25, -0.2) is 0 Å². The average Bonchev–Trinajstić information content (AvgIpc) is 2.26. The predicted octanol–water partition coefficient (Wildman–Crippen LogP) is 1.50. The number of fused-ring (bicyclic) bond motifs is 2. The first kappa shape index (κ1) is 9.13. The van der Waals surface area contributed by atoms with Crippen molar-refractivity contribution >= 4 is 0 Å².